The standard InChI is InChI=1S/C19H26Cl2N2O3S/c1-22(15-7-2-3-8-15)19(24)14-6-5-11-23(12-14)27(25,26)13-16-17(20)9-4-10-18(16)21/h4,9-10,14-15H,2-3,5-8,11-13H2,1H3/t14-/m1/s1. The third-order valence-corrected chi connectivity index (χ3v) is 8.22. The van der Waals surface area contributed by atoms with Crippen LogP contribution in [0.3, 0.4) is 0 Å². The van der Waals surface area contributed by atoms with Crippen LogP contribution in [0.4, 0.5) is 0 Å². The lowest BCUT2D eigenvalue weighted by atomic mass is 9.97. The van der Waals surface area contributed by atoms with Gasteiger partial charge in [-0.15, -0.1) is 0 Å². The van der Waals surface area contributed by atoms with E-state index in [0.717, 1.165) is 32.1 Å². The molecule has 0 bridgehead atoms. The van der Waals surface area contributed by atoms with Gasteiger partial charge in [0.05, 0.1) is 11.7 Å². The molecule has 1 aliphatic heterocycles. The Balaban J connectivity index is 1.70. The van der Waals surface area contributed by atoms with Crippen molar-refractivity contribution < 1.29 is 13.2 Å². The number of carbonyl (C=O) groups excluding carboxylic acids is 1. The lowest BCUT2D eigenvalue weighted by molar-refractivity contribution is -0.137. The van der Waals surface area contributed by atoms with E-state index < -0.39 is 10.0 Å². The first-order valence-corrected chi connectivity index (χ1v) is 11.8. The van der Waals surface area contributed by atoms with Crippen LogP contribution in [0.2, 0.25) is 10.0 Å². The van der Waals surface area contributed by atoms with Crippen LogP contribution >= 0.6 is 23.2 Å². The fraction of sp³-hybridized carbons (Fsp3) is 0.632. The molecule has 2 aliphatic rings. The summed E-state index contributed by atoms with van der Waals surface area (Å²) in [4.78, 5) is 14.7. The predicted molar refractivity (Wildman–Crippen MR) is 108 cm³/mol. The topological polar surface area (TPSA) is 57.7 Å². The van der Waals surface area contributed by atoms with Gasteiger partial charge in [0.25, 0.3) is 0 Å². The highest BCUT2D eigenvalue weighted by atomic mass is 35.5. The molecular formula is C19H26Cl2N2O3S. The number of sulfonamides is 1. The number of piperidine rings is 1. The molecule has 2 fully saturated rings. The van der Waals surface area contributed by atoms with Gasteiger partial charge in [-0.05, 0) is 37.8 Å². The molecule has 8 heteroatoms. The van der Waals surface area contributed by atoms with Crippen LogP contribution < -0.4 is 0 Å². The Kier molecular flexibility index (Phi) is 6.72. The zero-order chi connectivity index (χ0) is 19.6. The fourth-order valence-corrected chi connectivity index (χ4v) is 6.46. The van der Waals surface area contributed by atoms with E-state index in [1.165, 1.54) is 4.31 Å². The van der Waals surface area contributed by atoms with E-state index in [2.05, 4.69) is 0 Å². The van der Waals surface area contributed by atoms with Gasteiger partial charge in [-0.3, -0.25) is 4.79 Å². The number of amides is 1. The summed E-state index contributed by atoms with van der Waals surface area (Å²) in [5.41, 5.74) is 0.414. The number of hydrogen-bond acceptors (Lipinski definition) is 3. The number of carbonyl (C=O) groups is 1. The summed E-state index contributed by atoms with van der Waals surface area (Å²) < 4.78 is 27.3. The van der Waals surface area contributed by atoms with Crippen molar-refractivity contribution in [1.29, 1.82) is 0 Å². The number of benzene rings is 1. The Labute approximate surface area is 171 Å². The van der Waals surface area contributed by atoms with Gasteiger partial charge in [-0.1, -0.05) is 42.1 Å². The summed E-state index contributed by atoms with van der Waals surface area (Å²) >= 11 is 12.3. The normalized spacial score (nSPS) is 22.1. The molecule has 1 atom stereocenters. The van der Waals surface area contributed by atoms with Crippen molar-refractivity contribution in [2.24, 2.45) is 5.92 Å². The zero-order valence-electron chi connectivity index (χ0n) is 15.5. The molecule has 5 nitrogen and oxygen atoms in total. The van der Waals surface area contributed by atoms with Crippen LogP contribution in [-0.4, -0.2) is 49.7 Å². The molecule has 0 radical (unpaired) electrons. The molecule has 0 aromatic heterocycles. The van der Waals surface area contributed by atoms with E-state index in [0.29, 0.717) is 34.6 Å². The summed E-state index contributed by atoms with van der Waals surface area (Å²) in [5.74, 6) is -0.455. The van der Waals surface area contributed by atoms with Crippen LogP contribution in [0.1, 0.15) is 44.1 Å². The van der Waals surface area contributed by atoms with Crippen molar-refractivity contribution in [1.82, 2.24) is 9.21 Å². The summed E-state index contributed by atoms with van der Waals surface area (Å²) in [6.45, 7) is 0.668. The second kappa shape index (κ2) is 8.68. The largest absolute Gasteiger partial charge is 0.342 e. The Morgan fingerprint density at radius 3 is 2.41 bits per heavy atom. The lowest BCUT2D eigenvalue weighted by Crippen LogP contribution is -2.48. The molecule has 1 saturated carbocycles. The first kappa shape index (κ1) is 20.9. The SMILES string of the molecule is CN(C(=O)[C@@H]1CCCN(S(=O)(=O)Cc2c(Cl)cccc2Cl)C1)C1CCCC1. The summed E-state index contributed by atoms with van der Waals surface area (Å²) in [5, 5.41) is 0.688. The second-order valence-electron chi connectivity index (χ2n) is 7.54. The van der Waals surface area contributed by atoms with Crippen molar-refractivity contribution in [3.8, 4) is 0 Å². The van der Waals surface area contributed by atoms with E-state index in [4.69, 9.17) is 23.2 Å². The van der Waals surface area contributed by atoms with Crippen molar-refractivity contribution in [2.75, 3.05) is 20.1 Å². The minimum absolute atomic E-state index is 0.0672. The van der Waals surface area contributed by atoms with Gasteiger partial charge < -0.3 is 4.90 Å². The number of hydrogen-bond donors (Lipinski definition) is 0. The lowest BCUT2D eigenvalue weighted by Gasteiger charge is -2.35. The van der Waals surface area contributed by atoms with E-state index in [1.54, 1.807) is 18.2 Å². The van der Waals surface area contributed by atoms with Gasteiger partial charge in [0.15, 0.2) is 0 Å². The van der Waals surface area contributed by atoms with Gasteiger partial charge >= 0.3 is 0 Å². The molecule has 0 spiro atoms. The highest BCUT2D eigenvalue weighted by Crippen LogP contribution is 2.30. The highest BCUT2D eigenvalue weighted by Gasteiger charge is 2.36. The van der Waals surface area contributed by atoms with Crippen LogP contribution in [0, 0.1) is 5.92 Å². The third-order valence-electron chi connectivity index (χ3n) is 5.74. The molecule has 1 amide bonds. The minimum Gasteiger partial charge on any atom is -0.342 e. The first-order chi connectivity index (χ1) is 12.8. The van der Waals surface area contributed by atoms with Gasteiger partial charge in [-0.25, -0.2) is 12.7 Å². The number of halogens is 2. The van der Waals surface area contributed by atoms with E-state index in [-0.39, 0.29) is 24.1 Å². The first-order valence-electron chi connectivity index (χ1n) is 9.47. The summed E-state index contributed by atoms with van der Waals surface area (Å²) in [6, 6.07) is 5.26. The summed E-state index contributed by atoms with van der Waals surface area (Å²) in [6.07, 6.45) is 5.82. The van der Waals surface area contributed by atoms with Crippen LogP contribution in [-0.2, 0) is 20.6 Å². The molecule has 3 rings (SSSR count). The minimum atomic E-state index is -3.60. The molecule has 0 N–H and O–H groups in total. The quantitative estimate of drug-likeness (QED) is 0.707. The maximum Gasteiger partial charge on any atom is 0.227 e. The highest BCUT2D eigenvalue weighted by molar-refractivity contribution is 7.88. The van der Waals surface area contributed by atoms with Crippen LogP contribution in [0.5, 0.6) is 0 Å². The molecule has 27 heavy (non-hydrogen) atoms. The molecule has 1 aromatic rings. The van der Waals surface area contributed by atoms with Gasteiger partial charge in [-0.2, -0.15) is 0 Å². The zero-order valence-corrected chi connectivity index (χ0v) is 17.9. The molecule has 150 valence electrons. The Morgan fingerprint density at radius 1 is 1.15 bits per heavy atom. The van der Waals surface area contributed by atoms with Crippen LogP contribution in [0.15, 0.2) is 18.2 Å². The number of rotatable bonds is 5. The van der Waals surface area contributed by atoms with Crippen molar-refractivity contribution in [3.63, 3.8) is 0 Å². The maximum absolute atomic E-state index is 12.9. The molecule has 0 unspecified atom stereocenters. The predicted octanol–water partition coefficient (Wildman–Crippen LogP) is 3.94. The second-order valence-corrected chi connectivity index (χ2v) is 10.3. The average Bonchev–Trinajstić information content (AvgIpc) is 3.18. The average molecular weight is 433 g/mol. The number of nitrogens with zero attached hydrogens (tertiary/aromatic N) is 2. The molecule has 1 saturated heterocycles. The van der Waals surface area contributed by atoms with Crippen LogP contribution in [0.25, 0.3) is 0 Å². The third kappa shape index (κ3) is 4.78. The smallest absolute Gasteiger partial charge is 0.227 e. The molecule has 1 aromatic carbocycles. The Bertz CT molecular complexity index is 774. The van der Waals surface area contributed by atoms with E-state index >= 15 is 0 Å². The monoisotopic (exact) mass is 432 g/mol. The van der Waals surface area contributed by atoms with Gasteiger partial charge in [0, 0.05) is 41.8 Å². The van der Waals surface area contributed by atoms with Crippen molar-refractivity contribution in [2.45, 2.75) is 50.3 Å². The summed E-state index contributed by atoms with van der Waals surface area (Å²) in [7, 11) is -1.74. The van der Waals surface area contributed by atoms with Crippen molar-refractivity contribution >= 4 is 39.1 Å². The van der Waals surface area contributed by atoms with Gasteiger partial charge in [0.2, 0.25) is 15.9 Å². The fourth-order valence-electron chi connectivity index (χ4n) is 4.10. The van der Waals surface area contributed by atoms with E-state index in [1.807, 2.05) is 11.9 Å². The maximum atomic E-state index is 12.9. The molecule has 1 aliphatic carbocycles. The van der Waals surface area contributed by atoms with E-state index in [9.17, 15) is 13.2 Å². The van der Waals surface area contributed by atoms with Gasteiger partial charge in [0.1, 0.15) is 0 Å². The van der Waals surface area contributed by atoms with Crippen molar-refractivity contribution in [3.05, 3.63) is 33.8 Å². The molecule has 1 heterocycles. The Hall–Kier alpha value is -0.820. The molecular weight excluding hydrogens is 407 g/mol. The Morgan fingerprint density at radius 2 is 1.78 bits per heavy atom.